The molecule has 0 fully saturated rings. The van der Waals surface area contributed by atoms with Crippen LogP contribution in [0.15, 0.2) is 24.3 Å². The zero-order valence-electron chi connectivity index (χ0n) is 8.44. The molecule has 0 aliphatic carbocycles. The number of phenolic OH excluding ortho intramolecular Hbond substituents is 1. The number of hydrogen-bond acceptors (Lipinski definition) is 3. The summed E-state index contributed by atoms with van der Waals surface area (Å²) in [7, 11) is 0. The molecule has 1 unspecified atom stereocenters. The molecule has 3 nitrogen and oxygen atoms in total. The maximum Gasteiger partial charge on any atom is 0.305 e. The molecule has 0 radical (unpaired) electrons. The molecule has 0 aliphatic rings. The van der Waals surface area contributed by atoms with Crippen molar-refractivity contribution in [2.24, 2.45) is 0 Å². The lowest BCUT2D eigenvalue weighted by Crippen LogP contribution is -2.08. The molecule has 0 aromatic heterocycles. The Morgan fingerprint density at radius 2 is 2.07 bits per heavy atom. The van der Waals surface area contributed by atoms with Crippen LogP contribution >= 0.6 is 0 Å². The highest BCUT2D eigenvalue weighted by molar-refractivity contribution is 5.68. The van der Waals surface area contributed by atoms with Gasteiger partial charge in [0.2, 0.25) is 0 Å². The number of esters is 1. The molecule has 0 aliphatic heterocycles. The Morgan fingerprint density at radius 1 is 1.47 bits per heavy atom. The highest BCUT2D eigenvalue weighted by Crippen LogP contribution is 2.20. The zero-order chi connectivity index (χ0) is 11.3. The molecular formula is C11H13FO3. The van der Waals surface area contributed by atoms with Gasteiger partial charge in [-0.15, -0.1) is 0 Å². The molecule has 0 amide bonds. The Hall–Kier alpha value is -1.58. The molecule has 1 rings (SSSR count). The average molecular weight is 212 g/mol. The number of carbonyl (C=O) groups excluding carboxylic acids is 1. The van der Waals surface area contributed by atoms with Gasteiger partial charge in [-0.25, -0.2) is 4.39 Å². The zero-order valence-corrected chi connectivity index (χ0v) is 8.44. The fraction of sp³-hybridized carbons (Fsp3) is 0.364. The Balaban J connectivity index is 2.50. The second-order valence-corrected chi connectivity index (χ2v) is 3.10. The van der Waals surface area contributed by atoms with E-state index in [2.05, 4.69) is 4.74 Å². The fourth-order valence-corrected chi connectivity index (χ4v) is 1.05. The summed E-state index contributed by atoms with van der Waals surface area (Å²) >= 11 is 0. The number of ether oxygens (including phenoxy) is 1. The van der Waals surface area contributed by atoms with E-state index >= 15 is 0 Å². The van der Waals surface area contributed by atoms with Crippen LogP contribution in [0.3, 0.4) is 0 Å². The van der Waals surface area contributed by atoms with Gasteiger partial charge in [0.15, 0.2) is 6.17 Å². The van der Waals surface area contributed by atoms with Gasteiger partial charge in [0, 0.05) is 6.42 Å². The first-order chi connectivity index (χ1) is 7.13. The van der Waals surface area contributed by atoms with Crippen molar-refractivity contribution in [2.45, 2.75) is 19.5 Å². The minimum atomic E-state index is -1.35. The summed E-state index contributed by atoms with van der Waals surface area (Å²) in [6.07, 6.45) is -1.11. The van der Waals surface area contributed by atoms with Gasteiger partial charge < -0.3 is 9.84 Å². The van der Waals surface area contributed by atoms with E-state index in [1.807, 2.05) is 0 Å². The third-order valence-corrected chi connectivity index (χ3v) is 1.93. The highest BCUT2D eigenvalue weighted by atomic mass is 19.1. The van der Waals surface area contributed by atoms with Crippen LogP contribution in [-0.2, 0) is 9.53 Å². The molecule has 15 heavy (non-hydrogen) atoms. The minimum Gasteiger partial charge on any atom is -0.508 e. The Labute approximate surface area is 87.5 Å². The van der Waals surface area contributed by atoms with Gasteiger partial charge in [-0.3, -0.25) is 4.79 Å². The monoisotopic (exact) mass is 212 g/mol. The fourth-order valence-electron chi connectivity index (χ4n) is 1.05. The van der Waals surface area contributed by atoms with Gasteiger partial charge in [-0.05, 0) is 17.7 Å². The smallest absolute Gasteiger partial charge is 0.305 e. The SMILES string of the molecule is CCC(=O)OCC(F)c1ccc(O)cc1. The molecule has 0 saturated heterocycles. The van der Waals surface area contributed by atoms with E-state index in [0.717, 1.165) is 0 Å². The van der Waals surface area contributed by atoms with Crippen molar-refractivity contribution in [1.29, 1.82) is 0 Å². The first-order valence-electron chi connectivity index (χ1n) is 4.72. The highest BCUT2D eigenvalue weighted by Gasteiger charge is 2.11. The Morgan fingerprint density at radius 3 is 2.60 bits per heavy atom. The number of carbonyl (C=O) groups is 1. The number of hydrogen-bond donors (Lipinski definition) is 1. The molecule has 1 aromatic rings. The largest absolute Gasteiger partial charge is 0.508 e. The van der Waals surface area contributed by atoms with Crippen LogP contribution in [0.25, 0.3) is 0 Å². The van der Waals surface area contributed by atoms with Crippen molar-refractivity contribution < 1.29 is 19.0 Å². The van der Waals surface area contributed by atoms with Crippen molar-refractivity contribution in [3.8, 4) is 5.75 Å². The summed E-state index contributed by atoms with van der Waals surface area (Å²) in [5.41, 5.74) is 0.386. The molecule has 0 saturated carbocycles. The number of alkyl halides is 1. The Bertz CT molecular complexity index is 321. The summed E-state index contributed by atoms with van der Waals surface area (Å²) in [5, 5.41) is 8.99. The first kappa shape index (κ1) is 11.5. The van der Waals surface area contributed by atoms with Crippen LogP contribution in [0.1, 0.15) is 25.1 Å². The van der Waals surface area contributed by atoms with E-state index in [-0.39, 0.29) is 18.8 Å². The Kier molecular flexibility index (Phi) is 4.09. The van der Waals surface area contributed by atoms with Crippen molar-refractivity contribution >= 4 is 5.97 Å². The summed E-state index contributed by atoms with van der Waals surface area (Å²) in [5.74, 6) is -0.340. The number of aromatic hydroxyl groups is 1. The lowest BCUT2D eigenvalue weighted by atomic mass is 10.1. The summed E-state index contributed by atoms with van der Waals surface area (Å²) in [6.45, 7) is 1.37. The van der Waals surface area contributed by atoms with E-state index in [4.69, 9.17) is 5.11 Å². The molecule has 0 heterocycles. The van der Waals surface area contributed by atoms with Gasteiger partial charge in [0.25, 0.3) is 0 Å². The van der Waals surface area contributed by atoms with Crippen molar-refractivity contribution in [3.05, 3.63) is 29.8 Å². The van der Waals surface area contributed by atoms with Crippen molar-refractivity contribution in [2.75, 3.05) is 6.61 Å². The topological polar surface area (TPSA) is 46.5 Å². The third kappa shape index (κ3) is 3.58. The summed E-state index contributed by atoms with van der Waals surface area (Å²) < 4.78 is 18.1. The van der Waals surface area contributed by atoms with Crippen molar-refractivity contribution in [1.82, 2.24) is 0 Å². The van der Waals surface area contributed by atoms with Gasteiger partial charge in [-0.1, -0.05) is 19.1 Å². The van der Waals surface area contributed by atoms with Crippen LogP contribution in [0.5, 0.6) is 5.75 Å². The lowest BCUT2D eigenvalue weighted by molar-refractivity contribution is -0.145. The molecular weight excluding hydrogens is 199 g/mol. The van der Waals surface area contributed by atoms with Gasteiger partial charge in [0.05, 0.1) is 0 Å². The van der Waals surface area contributed by atoms with Crippen LogP contribution < -0.4 is 0 Å². The number of halogens is 1. The van der Waals surface area contributed by atoms with E-state index in [0.29, 0.717) is 5.56 Å². The summed E-state index contributed by atoms with van der Waals surface area (Å²) in [4.78, 5) is 10.8. The maximum atomic E-state index is 13.4. The van der Waals surface area contributed by atoms with Gasteiger partial charge >= 0.3 is 5.97 Å². The standard InChI is InChI=1S/C11H13FO3/c1-2-11(14)15-7-10(12)8-3-5-9(13)6-4-8/h3-6,10,13H,2,7H2,1H3. The molecule has 1 N–H and O–H groups in total. The second-order valence-electron chi connectivity index (χ2n) is 3.10. The van der Waals surface area contributed by atoms with E-state index in [1.165, 1.54) is 24.3 Å². The lowest BCUT2D eigenvalue weighted by Gasteiger charge is -2.08. The molecule has 1 aromatic carbocycles. The van der Waals surface area contributed by atoms with Crippen LogP contribution in [0, 0.1) is 0 Å². The van der Waals surface area contributed by atoms with Crippen LogP contribution in [-0.4, -0.2) is 17.7 Å². The van der Waals surface area contributed by atoms with Gasteiger partial charge in [0.1, 0.15) is 12.4 Å². The molecule has 4 heteroatoms. The van der Waals surface area contributed by atoms with Crippen LogP contribution in [0.4, 0.5) is 4.39 Å². The number of rotatable bonds is 4. The molecule has 0 bridgehead atoms. The normalized spacial score (nSPS) is 12.1. The third-order valence-electron chi connectivity index (χ3n) is 1.93. The molecule has 0 spiro atoms. The van der Waals surface area contributed by atoms with Gasteiger partial charge in [-0.2, -0.15) is 0 Å². The predicted molar refractivity (Wildman–Crippen MR) is 53.2 cm³/mol. The van der Waals surface area contributed by atoms with Crippen molar-refractivity contribution in [3.63, 3.8) is 0 Å². The summed E-state index contributed by atoms with van der Waals surface area (Å²) in [6, 6.07) is 5.70. The predicted octanol–water partition coefficient (Wildman–Crippen LogP) is 2.36. The second kappa shape index (κ2) is 5.34. The number of phenols is 1. The minimum absolute atomic E-state index is 0.0801. The number of benzene rings is 1. The molecule has 82 valence electrons. The van der Waals surface area contributed by atoms with Crippen LogP contribution in [0.2, 0.25) is 0 Å². The van der Waals surface area contributed by atoms with E-state index in [1.54, 1.807) is 6.92 Å². The molecule has 1 atom stereocenters. The van der Waals surface area contributed by atoms with E-state index < -0.39 is 12.1 Å². The average Bonchev–Trinajstić information content (AvgIpc) is 2.26. The van der Waals surface area contributed by atoms with E-state index in [9.17, 15) is 9.18 Å². The first-order valence-corrected chi connectivity index (χ1v) is 4.72. The quantitative estimate of drug-likeness (QED) is 0.779. The maximum absolute atomic E-state index is 13.4.